The minimum absolute atomic E-state index is 0. The van der Waals surface area contributed by atoms with Crippen LogP contribution in [0.2, 0.25) is 0 Å². The Kier molecular flexibility index (Phi) is 8.33. The van der Waals surface area contributed by atoms with Crippen molar-refractivity contribution >= 4 is 22.4 Å². The number of sulfonamides is 1. The summed E-state index contributed by atoms with van der Waals surface area (Å²) in [4.78, 5) is 0.286. The summed E-state index contributed by atoms with van der Waals surface area (Å²) in [5.74, 6) is 1.72. The van der Waals surface area contributed by atoms with Gasteiger partial charge >= 0.3 is 0 Å². The molecule has 1 saturated heterocycles. The summed E-state index contributed by atoms with van der Waals surface area (Å²) in [5.41, 5.74) is 0. The van der Waals surface area contributed by atoms with Gasteiger partial charge in [0.05, 0.1) is 11.5 Å². The van der Waals surface area contributed by atoms with E-state index < -0.39 is 10.0 Å². The van der Waals surface area contributed by atoms with E-state index in [1.54, 1.807) is 24.3 Å². The highest BCUT2D eigenvalue weighted by Gasteiger charge is 2.17. The van der Waals surface area contributed by atoms with Crippen molar-refractivity contribution in [1.29, 1.82) is 0 Å². The Morgan fingerprint density at radius 3 is 2.57 bits per heavy atom. The fourth-order valence-corrected chi connectivity index (χ4v) is 3.47. The van der Waals surface area contributed by atoms with Crippen LogP contribution in [-0.2, 0) is 10.0 Å². The van der Waals surface area contributed by atoms with E-state index in [0.717, 1.165) is 25.9 Å². The molecule has 23 heavy (non-hydrogen) atoms. The van der Waals surface area contributed by atoms with E-state index in [-0.39, 0.29) is 17.3 Å². The van der Waals surface area contributed by atoms with Gasteiger partial charge in [-0.2, -0.15) is 0 Å². The first-order valence-electron chi connectivity index (χ1n) is 7.90. The zero-order valence-corrected chi connectivity index (χ0v) is 15.4. The second-order valence-corrected chi connectivity index (χ2v) is 7.99. The predicted octanol–water partition coefficient (Wildman–Crippen LogP) is 2.42. The average molecular weight is 363 g/mol. The van der Waals surface area contributed by atoms with Gasteiger partial charge in [-0.3, -0.25) is 0 Å². The Morgan fingerprint density at radius 2 is 2.00 bits per heavy atom. The van der Waals surface area contributed by atoms with Gasteiger partial charge in [0.15, 0.2) is 0 Å². The molecule has 0 aliphatic carbocycles. The molecule has 7 heteroatoms. The van der Waals surface area contributed by atoms with Gasteiger partial charge in [-0.25, -0.2) is 13.1 Å². The van der Waals surface area contributed by atoms with E-state index >= 15 is 0 Å². The van der Waals surface area contributed by atoms with Crippen molar-refractivity contribution in [2.75, 3.05) is 26.2 Å². The number of hydrogen-bond donors (Lipinski definition) is 2. The predicted molar refractivity (Wildman–Crippen MR) is 94.8 cm³/mol. The lowest BCUT2D eigenvalue weighted by atomic mass is 10.1. The molecule has 1 aromatic rings. The SMILES string of the molecule is CC(C)COc1ccc(S(=O)(=O)NCCC2CCNC2)cc1.Cl. The third-order valence-corrected chi connectivity index (χ3v) is 5.20. The first kappa shape index (κ1) is 20.2. The molecular weight excluding hydrogens is 336 g/mol. The van der Waals surface area contributed by atoms with Crippen molar-refractivity contribution in [2.24, 2.45) is 11.8 Å². The van der Waals surface area contributed by atoms with Crippen LogP contribution in [0.1, 0.15) is 26.7 Å². The van der Waals surface area contributed by atoms with Crippen molar-refractivity contribution in [2.45, 2.75) is 31.6 Å². The lowest BCUT2D eigenvalue weighted by molar-refractivity contribution is 0.271. The second-order valence-electron chi connectivity index (χ2n) is 6.22. The van der Waals surface area contributed by atoms with E-state index in [1.165, 1.54) is 0 Å². The van der Waals surface area contributed by atoms with Crippen LogP contribution in [0, 0.1) is 11.8 Å². The van der Waals surface area contributed by atoms with E-state index in [2.05, 4.69) is 23.9 Å². The van der Waals surface area contributed by atoms with Crippen LogP contribution >= 0.6 is 12.4 Å². The highest BCUT2D eigenvalue weighted by atomic mass is 35.5. The molecule has 0 aromatic heterocycles. The van der Waals surface area contributed by atoms with E-state index in [9.17, 15) is 8.42 Å². The van der Waals surface area contributed by atoms with Crippen molar-refractivity contribution in [3.63, 3.8) is 0 Å². The molecule has 2 N–H and O–H groups in total. The Balaban J connectivity index is 0.00000264. The Hall–Kier alpha value is -0.820. The molecule has 5 nitrogen and oxygen atoms in total. The maximum Gasteiger partial charge on any atom is 0.240 e. The van der Waals surface area contributed by atoms with Crippen LogP contribution in [0.15, 0.2) is 29.2 Å². The highest BCUT2D eigenvalue weighted by Crippen LogP contribution is 2.17. The Morgan fingerprint density at radius 1 is 1.30 bits per heavy atom. The molecule has 1 unspecified atom stereocenters. The van der Waals surface area contributed by atoms with Gasteiger partial charge < -0.3 is 10.1 Å². The molecular formula is C16H27ClN2O3S. The molecule has 0 amide bonds. The minimum atomic E-state index is -3.43. The smallest absolute Gasteiger partial charge is 0.240 e. The maximum absolute atomic E-state index is 12.2. The van der Waals surface area contributed by atoms with E-state index in [4.69, 9.17) is 4.74 Å². The van der Waals surface area contributed by atoms with Crippen LogP contribution in [-0.4, -0.2) is 34.7 Å². The zero-order chi connectivity index (χ0) is 16.0. The van der Waals surface area contributed by atoms with Crippen LogP contribution in [0.3, 0.4) is 0 Å². The summed E-state index contributed by atoms with van der Waals surface area (Å²) in [7, 11) is -3.43. The number of rotatable bonds is 8. The first-order valence-corrected chi connectivity index (χ1v) is 9.39. The van der Waals surface area contributed by atoms with Crippen molar-refractivity contribution in [1.82, 2.24) is 10.0 Å². The molecule has 1 heterocycles. The fraction of sp³-hybridized carbons (Fsp3) is 0.625. The van der Waals surface area contributed by atoms with Crippen molar-refractivity contribution in [3.05, 3.63) is 24.3 Å². The standard InChI is InChI=1S/C16H26N2O3S.ClH/c1-13(2)12-21-15-3-5-16(6-4-15)22(19,20)18-10-8-14-7-9-17-11-14;/h3-6,13-14,17-18H,7-12H2,1-2H3;1H. The largest absolute Gasteiger partial charge is 0.493 e. The molecule has 1 aliphatic rings. The van der Waals surface area contributed by atoms with Crippen molar-refractivity contribution in [3.8, 4) is 5.75 Å². The van der Waals surface area contributed by atoms with Gasteiger partial charge in [0.2, 0.25) is 10.0 Å². The third-order valence-electron chi connectivity index (χ3n) is 3.72. The summed E-state index contributed by atoms with van der Waals surface area (Å²) in [6, 6.07) is 6.60. The molecule has 1 atom stereocenters. The van der Waals surface area contributed by atoms with Gasteiger partial charge in [0.1, 0.15) is 5.75 Å². The molecule has 1 aliphatic heterocycles. The topological polar surface area (TPSA) is 67.4 Å². The van der Waals surface area contributed by atoms with Crippen LogP contribution in [0.5, 0.6) is 5.75 Å². The lowest BCUT2D eigenvalue weighted by Crippen LogP contribution is -2.26. The molecule has 0 radical (unpaired) electrons. The average Bonchev–Trinajstić information content (AvgIpc) is 2.98. The summed E-state index contributed by atoms with van der Waals surface area (Å²) in [5, 5.41) is 3.29. The fourth-order valence-electron chi connectivity index (χ4n) is 2.42. The molecule has 132 valence electrons. The first-order chi connectivity index (χ1) is 10.5. The summed E-state index contributed by atoms with van der Waals surface area (Å²) in [6.07, 6.45) is 2.01. The highest BCUT2D eigenvalue weighted by molar-refractivity contribution is 7.89. The third kappa shape index (κ3) is 6.67. The zero-order valence-electron chi connectivity index (χ0n) is 13.7. The summed E-state index contributed by atoms with van der Waals surface area (Å²) >= 11 is 0. The van der Waals surface area contributed by atoms with Crippen molar-refractivity contribution < 1.29 is 13.2 Å². The Labute approximate surface area is 145 Å². The molecule has 0 saturated carbocycles. The van der Waals surface area contributed by atoms with Crippen LogP contribution in [0.4, 0.5) is 0 Å². The van der Waals surface area contributed by atoms with Crippen LogP contribution < -0.4 is 14.8 Å². The molecule has 1 aromatic carbocycles. The number of hydrogen-bond acceptors (Lipinski definition) is 4. The summed E-state index contributed by atoms with van der Waals surface area (Å²) in [6.45, 7) is 7.28. The number of ether oxygens (including phenoxy) is 1. The number of halogens is 1. The van der Waals surface area contributed by atoms with E-state index in [0.29, 0.717) is 30.7 Å². The second kappa shape index (κ2) is 9.47. The minimum Gasteiger partial charge on any atom is -0.493 e. The monoisotopic (exact) mass is 362 g/mol. The molecule has 0 bridgehead atoms. The van der Waals surface area contributed by atoms with Gasteiger partial charge in [0.25, 0.3) is 0 Å². The molecule has 0 spiro atoms. The number of benzene rings is 1. The quantitative estimate of drug-likeness (QED) is 0.745. The van der Waals surface area contributed by atoms with Crippen LogP contribution in [0.25, 0.3) is 0 Å². The lowest BCUT2D eigenvalue weighted by Gasteiger charge is -2.11. The van der Waals surface area contributed by atoms with Gasteiger partial charge in [-0.15, -0.1) is 12.4 Å². The Bertz CT molecular complexity index is 555. The number of nitrogens with one attached hydrogen (secondary N) is 2. The van der Waals surface area contributed by atoms with Gasteiger partial charge in [-0.05, 0) is 62.0 Å². The molecule has 1 fully saturated rings. The van der Waals surface area contributed by atoms with Gasteiger partial charge in [-0.1, -0.05) is 13.8 Å². The van der Waals surface area contributed by atoms with E-state index in [1.807, 2.05) is 0 Å². The normalized spacial score (nSPS) is 18.0. The summed E-state index contributed by atoms with van der Waals surface area (Å²) < 4.78 is 32.7. The maximum atomic E-state index is 12.2. The molecule has 2 rings (SSSR count). The van der Waals surface area contributed by atoms with Gasteiger partial charge in [0, 0.05) is 6.54 Å².